The minimum absolute atomic E-state index is 0.00217. The van der Waals surface area contributed by atoms with Gasteiger partial charge >= 0.3 is 6.03 Å². The Bertz CT molecular complexity index is 327. The van der Waals surface area contributed by atoms with Crippen molar-refractivity contribution in [2.75, 3.05) is 12.4 Å². The molecule has 0 aromatic rings. The van der Waals surface area contributed by atoms with Crippen LogP contribution in [-0.4, -0.2) is 34.8 Å². The molecule has 1 heterocycles. The number of hydrogen-bond donors (Lipinski definition) is 1. The largest absolute Gasteiger partial charge is 0.325 e. The first-order valence-electron chi connectivity index (χ1n) is 6.90. The number of imide groups is 1. The third kappa shape index (κ3) is 2.63. The van der Waals surface area contributed by atoms with Crippen molar-refractivity contribution in [2.24, 2.45) is 0 Å². The van der Waals surface area contributed by atoms with Gasteiger partial charge in [0.05, 0.1) is 0 Å². The van der Waals surface area contributed by atoms with Gasteiger partial charge < -0.3 is 5.32 Å². The molecule has 2 rings (SSSR count). The van der Waals surface area contributed by atoms with Gasteiger partial charge in [0, 0.05) is 12.4 Å². The van der Waals surface area contributed by atoms with E-state index in [4.69, 9.17) is 11.6 Å². The van der Waals surface area contributed by atoms with Crippen molar-refractivity contribution in [1.82, 2.24) is 10.2 Å². The number of nitrogens with one attached hydrogen (secondary N) is 1. The minimum atomic E-state index is -0.548. The van der Waals surface area contributed by atoms with Crippen LogP contribution in [0.3, 0.4) is 0 Å². The first-order valence-corrected chi connectivity index (χ1v) is 7.43. The molecule has 3 amide bonds. The van der Waals surface area contributed by atoms with Crippen LogP contribution in [0.15, 0.2) is 0 Å². The number of carbonyl (C=O) groups is 2. The average Bonchev–Trinajstić information content (AvgIpc) is 2.90. The van der Waals surface area contributed by atoms with Gasteiger partial charge in [-0.05, 0) is 25.7 Å². The number of rotatable bonds is 6. The first-order chi connectivity index (χ1) is 8.69. The second-order valence-corrected chi connectivity index (χ2v) is 5.66. The number of urea groups is 1. The van der Waals surface area contributed by atoms with Crippen molar-refractivity contribution in [3.63, 3.8) is 0 Å². The molecule has 1 aliphatic heterocycles. The molecule has 0 aromatic carbocycles. The Labute approximate surface area is 113 Å². The lowest BCUT2D eigenvalue weighted by Crippen LogP contribution is -2.44. The van der Waals surface area contributed by atoms with E-state index < -0.39 is 5.54 Å². The molecule has 1 saturated carbocycles. The minimum Gasteiger partial charge on any atom is -0.323 e. The third-order valence-electron chi connectivity index (χ3n) is 3.97. The molecule has 102 valence electrons. The molecule has 0 unspecified atom stereocenters. The summed E-state index contributed by atoms with van der Waals surface area (Å²) in [7, 11) is 0. The summed E-state index contributed by atoms with van der Waals surface area (Å²) in [6, 6.07) is -0.195. The van der Waals surface area contributed by atoms with Gasteiger partial charge in [-0.15, -0.1) is 11.6 Å². The maximum absolute atomic E-state index is 12.3. The molecule has 0 atom stereocenters. The molecule has 1 saturated heterocycles. The van der Waals surface area contributed by atoms with Crippen molar-refractivity contribution in [3.8, 4) is 0 Å². The van der Waals surface area contributed by atoms with Crippen LogP contribution in [0.2, 0.25) is 0 Å². The van der Waals surface area contributed by atoms with Crippen molar-refractivity contribution in [1.29, 1.82) is 0 Å². The van der Waals surface area contributed by atoms with Gasteiger partial charge in [0.2, 0.25) is 0 Å². The number of unbranched alkanes of at least 4 members (excludes halogenated alkanes) is 3. The van der Waals surface area contributed by atoms with Crippen LogP contribution >= 0.6 is 11.6 Å². The van der Waals surface area contributed by atoms with Crippen LogP contribution in [-0.2, 0) is 4.79 Å². The lowest BCUT2D eigenvalue weighted by molar-refractivity contribution is -0.131. The van der Waals surface area contributed by atoms with Crippen molar-refractivity contribution >= 4 is 23.5 Å². The standard InChI is InChI=1S/C13H21ClN2O2/c14-9-5-1-2-6-10-16-11(17)13(15-12(16)18)7-3-4-8-13/h1-10H2,(H,15,18). The Kier molecular flexibility index (Phi) is 4.49. The van der Waals surface area contributed by atoms with Crippen molar-refractivity contribution in [3.05, 3.63) is 0 Å². The zero-order valence-corrected chi connectivity index (χ0v) is 11.5. The summed E-state index contributed by atoms with van der Waals surface area (Å²) in [5.41, 5.74) is -0.548. The SMILES string of the molecule is O=C1NC2(CCCC2)C(=O)N1CCCCCCCl. The summed E-state index contributed by atoms with van der Waals surface area (Å²) < 4.78 is 0. The van der Waals surface area contributed by atoms with Gasteiger partial charge in [-0.3, -0.25) is 9.69 Å². The normalized spacial score (nSPS) is 21.9. The van der Waals surface area contributed by atoms with Crippen LogP contribution < -0.4 is 5.32 Å². The number of halogens is 1. The maximum atomic E-state index is 12.3. The average molecular weight is 273 g/mol. The lowest BCUT2D eigenvalue weighted by atomic mass is 9.98. The van der Waals surface area contributed by atoms with Gasteiger partial charge in [0.1, 0.15) is 5.54 Å². The highest BCUT2D eigenvalue weighted by Crippen LogP contribution is 2.35. The predicted molar refractivity (Wildman–Crippen MR) is 70.6 cm³/mol. The molecular weight excluding hydrogens is 252 g/mol. The number of carbonyl (C=O) groups excluding carboxylic acids is 2. The van der Waals surface area contributed by atoms with Crippen molar-refractivity contribution < 1.29 is 9.59 Å². The highest BCUT2D eigenvalue weighted by molar-refractivity contribution is 6.17. The Morgan fingerprint density at radius 1 is 1.11 bits per heavy atom. The Hall–Kier alpha value is -0.770. The van der Waals surface area contributed by atoms with Crippen LogP contribution in [0.1, 0.15) is 51.4 Å². The van der Waals surface area contributed by atoms with Crippen LogP contribution in [0, 0.1) is 0 Å². The fraction of sp³-hybridized carbons (Fsp3) is 0.846. The van der Waals surface area contributed by atoms with Gasteiger partial charge in [-0.2, -0.15) is 0 Å². The van der Waals surface area contributed by atoms with Crippen LogP contribution in [0.25, 0.3) is 0 Å². The number of hydrogen-bond acceptors (Lipinski definition) is 2. The van der Waals surface area contributed by atoms with Crippen LogP contribution in [0.5, 0.6) is 0 Å². The van der Waals surface area contributed by atoms with Gasteiger partial charge in [-0.25, -0.2) is 4.79 Å². The molecule has 2 aliphatic rings. The molecule has 5 heteroatoms. The molecule has 0 radical (unpaired) electrons. The topological polar surface area (TPSA) is 49.4 Å². The maximum Gasteiger partial charge on any atom is 0.325 e. The van der Waals surface area contributed by atoms with E-state index in [0.717, 1.165) is 51.4 Å². The van der Waals surface area contributed by atoms with E-state index in [9.17, 15) is 9.59 Å². The summed E-state index contributed by atoms with van der Waals surface area (Å²) in [5.74, 6) is 0.689. The summed E-state index contributed by atoms with van der Waals surface area (Å²) in [6.45, 7) is 0.550. The van der Waals surface area contributed by atoms with Gasteiger partial charge in [0.25, 0.3) is 5.91 Å². The Balaban J connectivity index is 1.82. The summed E-state index contributed by atoms with van der Waals surface area (Å²) in [5, 5.41) is 2.90. The lowest BCUT2D eigenvalue weighted by Gasteiger charge is -2.19. The summed E-state index contributed by atoms with van der Waals surface area (Å²) >= 11 is 5.61. The zero-order valence-electron chi connectivity index (χ0n) is 10.7. The van der Waals surface area contributed by atoms with E-state index in [0.29, 0.717) is 12.4 Å². The molecular formula is C13H21ClN2O2. The molecule has 18 heavy (non-hydrogen) atoms. The van der Waals surface area contributed by atoms with E-state index in [1.165, 1.54) is 4.90 Å². The van der Waals surface area contributed by atoms with Crippen LogP contribution in [0.4, 0.5) is 4.79 Å². The van der Waals surface area contributed by atoms with E-state index in [2.05, 4.69) is 5.32 Å². The summed E-state index contributed by atoms with van der Waals surface area (Å²) in [4.78, 5) is 25.5. The zero-order chi connectivity index (χ0) is 13.0. The van der Waals surface area contributed by atoms with E-state index >= 15 is 0 Å². The van der Waals surface area contributed by atoms with E-state index in [-0.39, 0.29) is 11.9 Å². The van der Waals surface area contributed by atoms with Gasteiger partial charge in [-0.1, -0.05) is 25.7 Å². The highest BCUT2D eigenvalue weighted by atomic mass is 35.5. The highest BCUT2D eigenvalue weighted by Gasteiger charge is 2.51. The van der Waals surface area contributed by atoms with Crippen molar-refractivity contribution in [2.45, 2.75) is 56.9 Å². The second-order valence-electron chi connectivity index (χ2n) is 5.28. The predicted octanol–water partition coefficient (Wildman–Crippen LogP) is 2.65. The number of amides is 3. The molecule has 1 spiro atoms. The van der Waals surface area contributed by atoms with E-state index in [1.54, 1.807) is 0 Å². The molecule has 0 aromatic heterocycles. The monoisotopic (exact) mass is 272 g/mol. The first kappa shape index (κ1) is 13.7. The Morgan fingerprint density at radius 2 is 1.78 bits per heavy atom. The second kappa shape index (κ2) is 5.91. The fourth-order valence-electron chi connectivity index (χ4n) is 2.91. The Morgan fingerprint density at radius 3 is 2.44 bits per heavy atom. The van der Waals surface area contributed by atoms with E-state index in [1.807, 2.05) is 0 Å². The molecule has 4 nitrogen and oxygen atoms in total. The quantitative estimate of drug-likeness (QED) is 0.459. The molecule has 2 fully saturated rings. The fourth-order valence-corrected chi connectivity index (χ4v) is 3.10. The summed E-state index contributed by atoms with van der Waals surface area (Å²) in [6.07, 6.45) is 7.67. The number of nitrogens with zero attached hydrogens (tertiary/aromatic N) is 1. The molecule has 1 N–H and O–H groups in total. The van der Waals surface area contributed by atoms with Gasteiger partial charge in [0.15, 0.2) is 0 Å². The number of alkyl halides is 1. The molecule has 1 aliphatic carbocycles. The smallest absolute Gasteiger partial charge is 0.323 e. The third-order valence-corrected chi connectivity index (χ3v) is 4.24. The molecule has 0 bridgehead atoms.